The van der Waals surface area contributed by atoms with Crippen LogP contribution in [0.4, 0.5) is 10.9 Å². The Kier molecular flexibility index (Phi) is 8.30. The monoisotopic (exact) mass is 592 g/mol. The Bertz CT molecular complexity index is 1730. The Balaban J connectivity index is 1.26. The van der Waals surface area contributed by atoms with Crippen LogP contribution in [-0.4, -0.2) is 32.2 Å². The van der Waals surface area contributed by atoms with Crippen molar-refractivity contribution < 1.29 is 4.79 Å². The van der Waals surface area contributed by atoms with Crippen molar-refractivity contribution in [1.82, 2.24) is 19.7 Å². The lowest BCUT2D eigenvalue weighted by molar-refractivity contribution is 0.102. The molecule has 0 radical (unpaired) electrons. The first kappa shape index (κ1) is 29.1. The van der Waals surface area contributed by atoms with Gasteiger partial charge in [0.1, 0.15) is 5.82 Å². The van der Waals surface area contributed by atoms with Crippen LogP contribution in [0, 0.1) is 12.8 Å². The maximum atomic E-state index is 13.5. The molecule has 1 amide bonds. The lowest BCUT2D eigenvalue weighted by Gasteiger charge is -2.31. The van der Waals surface area contributed by atoms with Crippen LogP contribution in [0.25, 0.3) is 21.3 Å². The van der Waals surface area contributed by atoms with Crippen molar-refractivity contribution in [2.45, 2.75) is 72.9 Å². The van der Waals surface area contributed by atoms with Gasteiger partial charge in [-0.25, -0.2) is 9.97 Å². The fourth-order valence-corrected chi connectivity index (χ4v) is 6.93. The summed E-state index contributed by atoms with van der Waals surface area (Å²) in [6, 6.07) is 18.3. The van der Waals surface area contributed by atoms with E-state index in [2.05, 4.69) is 72.7 Å². The smallest absolute Gasteiger partial charge is 0.257 e. The van der Waals surface area contributed by atoms with E-state index >= 15 is 0 Å². The van der Waals surface area contributed by atoms with E-state index in [0.29, 0.717) is 23.2 Å². The third-order valence-electron chi connectivity index (χ3n) is 8.79. The Hall–Kier alpha value is -4.04. The molecule has 0 bridgehead atoms. The molecule has 0 unspecified atom stereocenters. The van der Waals surface area contributed by atoms with Gasteiger partial charge in [-0.15, -0.1) is 0 Å². The lowest BCUT2D eigenvalue weighted by Crippen LogP contribution is -2.33. The predicted molar refractivity (Wildman–Crippen MR) is 177 cm³/mol. The maximum absolute atomic E-state index is 13.5. The third kappa shape index (κ3) is 5.80. The average molecular weight is 593 g/mol. The van der Waals surface area contributed by atoms with Crippen LogP contribution < -0.4 is 10.2 Å². The molecule has 43 heavy (non-hydrogen) atoms. The molecular weight excluding hydrogens is 552 g/mol. The van der Waals surface area contributed by atoms with Gasteiger partial charge in [0.2, 0.25) is 0 Å². The van der Waals surface area contributed by atoms with E-state index in [9.17, 15) is 4.79 Å². The summed E-state index contributed by atoms with van der Waals surface area (Å²) in [4.78, 5) is 25.6. The van der Waals surface area contributed by atoms with Crippen molar-refractivity contribution in [3.8, 4) is 11.1 Å². The first-order valence-corrected chi connectivity index (χ1v) is 16.2. The molecule has 0 saturated carbocycles. The molecule has 3 aromatic heterocycles. The molecule has 4 heterocycles. The molecule has 6 rings (SSSR count). The Morgan fingerprint density at radius 2 is 1.81 bits per heavy atom. The fraction of sp³-hybridized carbons (Fsp3) is 0.371. The van der Waals surface area contributed by atoms with Crippen LogP contribution in [0.3, 0.4) is 0 Å². The zero-order valence-electron chi connectivity index (χ0n) is 25.7. The summed E-state index contributed by atoms with van der Waals surface area (Å²) >= 11 is 1.50. The molecule has 0 saturated heterocycles. The van der Waals surface area contributed by atoms with E-state index in [1.807, 2.05) is 42.6 Å². The van der Waals surface area contributed by atoms with E-state index in [0.717, 1.165) is 70.8 Å². The van der Waals surface area contributed by atoms with Gasteiger partial charge < -0.3 is 4.90 Å². The summed E-state index contributed by atoms with van der Waals surface area (Å²) in [5.41, 5.74) is 8.45. The number of carbonyl (C=O) groups is 1. The average Bonchev–Trinajstić information content (AvgIpc) is 3.60. The summed E-state index contributed by atoms with van der Waals surface area (Å²) in [7, 11) is 0. The minimum atomic E-state index is -0.121. The van der Waals surface area contributed by atoms with Crippen molar-refractivity contribution >= 4 is 38.4 Å². The number of anilines is 2. The minimum Gasteiger partial charge on any atom is -0.352 e. The minimum absolute atomic E-state index is 0.121. The Morgan fingerprint density at radius 1 is 1.00 bits per heavy atom. The number of para-hydroxylation sites is 1. The standard InChI is InChI=1S/C35H40N6OS/c1-6-24(7-2)20-41-23(5)28(19-36-41)26-15-16-32(38-33(26)22(3)4)40-18-17-25-11-10-12-27(29(25)21-40)34(42)39-35-37-30-13-8-9-14-31(30)43-35/h8-16,19,22,24H,6-7,17-18,20-21H2,1-5H3,(H,37,39,42). The number of nitrogens with zero attached hydrogens (tertiary/aromatic N) is 5. The highest BCUT2D eigenvalue weighted by atomic mass is 32.1. The summed E-state index contributed by atoms with van der Waals surface area (Å²) in [5.74, 6) is 1.71. The van der Waals surface area contributed by atoms with Crippen molar-refractivity contribution in [2.24, 2.45) is 5.92 Å². The molecule has 5 aromatic rings. The predicted octanol–water partition coefficient (Wildman–Crippen LogP) is 8.24. The van der Waals surface area contributed by atoms with Gasteiger partial charge in [0.25, 0.3) is 5.91 Å². The first-order valence-electron chi connectivity index (χ1n) is 15.4. The van der Waals surface area contributed by atoms with Gasteiger partial charge in [-0.1, -0.05) is 76.1 Å². The second kappa shape index (κ2) is 12.3. The Morgan fingerprint density at radius 3 is 2.58 bits per heavy atom. The highest BCUT2D eigenvalue weighted by molar-refractivity contribution is 7.22. The van der Waals surface area contributed by atoms with Gasteiger partial charge in [-0.05, 0) is 66.6 Å². The number of carbonyl (C=O) groups excluding carboxylic acids is 1. The molecule has 7 nitrogen and oxygen atoms in total. The number of hydrogen-bond acceptors (Lipinski definition) is 6. The first-order chi connectivity index (χ1) is 20.9. The van der Waals surface area contributed by atoms with Crippen molar-refractivity contribution in [1.29, 1.82) is 0 Å². The van der Waals surface area contributed by atoms with Crippen LogP contribution in [0.1, 0.15) is 79.3 Å². The molecule has 0 fully saturated rings. The highest BCUT2D eigenvalue weighted by Gasteiger charge is 2.25. The second-order valence-electron chi connectivity index (χ2n) is 11.8. The molecular formula is C35H40N6OS. The summed E-state index contributed by atoms with van der Waals surface area (Å²) in [6.45, 7) is 13.5. The van der Waals surface area contributed by atoms with Gasteiger partial charge in [0.15, 0.2) is 5.13 Å². The van der Waals surface area contributed by atoms with Crippen molar-refractivity contribution in [3.05, 3.63) is 88.9 Å². The number of fused-ring (bicyclic) bond motifs is 2. The van der Waals surface area contributed by atoms with Crippen LogP contribution in [0.5, 0.6) is 0 Å². The lowest BCUT2D eigenvalue weighted by atomic mass is 9.94. The van der Waals surface area contributed by atoms with Gasteiger partial charge in [0, 0.05) is 42.0 Å². The van der Waals surface area contributed by atoms with Crippen LogP contribution in [-0.2, 0) is 19.5 Å². The number of hydrogen-bond donors (Lipinski definition) is 1. The van der Waals surface area contributed by atoms with E-state index in [4.69, 9.17) is 10.1 Å². The molecule has 1 N–H and O–H groups in total. The number of pyridine rings is 1. The molecule has 0 atom stereocenters. The molecule has 222 valence electrons. The maximum Gasteiger partial charge on any atom is 0.257 e. The number of rotatable bonds is 9. The highest BCUT2D eigenvalue weighted by Crippen LogP contribution is 2.34. The third-order valence-corrected chi connectivity index (χ3v) is 9.74. The van der Waals surface area contributed by atoms with Gasteiger partial charge in [-0.2, -0.15) is 5.10 Å². The number of aromatic nitrogens is 4. The van der Waals surface area contributed by atoms with E-state index < -0.39 is 0 Å². The zero-order chi connectivity index (χ0) is 30.1. The van der Waals surface area contributed by atoms with Crippen LogP contribution in [0.15, 0.2) is 60.8 Å². The van der Waals surface area contributed by atoms with Gasteiger partial charge in [-0.3, -0.25) is 14.8 Å². The number of nitrogens with one attached hydrogen (secondary N) is 1. The topological polar surface area (TPSA) is 75.9 Å². The van der Waals surface area contributed by atoms with Crippen molar-refractivity contribution in [2.75, 3.05) is 16.8 Å². The number of thiazole rings is 1. The normalized spacial score (nSPS) is 13.2. The molecule has 0 aliphatic carbocycles. The molecule has 1 aliphatic heterocycles. The molecule has 2 aromatic carbocycles. The van der Waals surface area contributed by atoms with E-state index in [-0.39, 0.29) is 11.8 Å². The Labute approximate surface area is 258 Å². The summed E-state index contributed by atoms with van der Waals surface area (Å²) in [6.07, 6.45) is 5.18. The number of benzene rings is 2. The summed E-state index contributed by atoms with van der Waals surface area (Å²) < 4.78 is 3.22. The quantitative estimate of drug-likeness (QED) is 0.187. The molecule has 1 aliphatic rings. The largest absolute Gasteiger partial charge is 0.352 e. The van der Waals surface area contributed by atoms with Crippen LogP contribution in [0.2, 0.25) is 0 Å². The molecule has 8 heteroatoms. The van der Waals surface area contributed by atoms with Gasteiger partial charge >= 0.3 is 0 Å². The fourth-order valence-electron chi connectivity index (χ4n) is 6.07. The van der Waals surface area contributed by atoms with Crippen molar-refractivity contribution in [3.63, 3.8) is 0 Å². The SMILES string of the molecule is CCC(CC)Cn1ncc(-c2ccc(N3CCc4cccc(C(=O)Nc5nc6ccccc6s5)c4C3)nc2C(C)C)c1C. The van der Waals surface area contributed by atoms with E-state index in [1.54, 1.807) is 0 Å². The van der Waals surface area contributed by atoms with E-state index in [1.165, 1.54) is 22.6 Å². The second-order valence-corrected chi connectivity index (χ2v) is 12.9. The van der Waals surface area contributed by atoms with Gasteiger partial charge in [0.05, 0.1) is 22.1 Å². The van der Waals surface area contributed by atoms with Crippen LogP contribution >= 0.6 is 11.3 Å². The number of amides is 1. The zero-order valence-corrected chi connectivity index (χ0v) is 26.5. The summed E-state index contributed by atoms with van der Waals surface area (Å²) in [5, 5.41) is 8.44. The molecule has 0 spiro atoms.